The van der Waals surface area contributed by atoms with Gasteiger partial charge in [-0.25, -0.2) is 0 Å². The summed E-state index contributed by atoms with van der Waals surface area (Å²) in [4.78, 5) is 5.57. The first kappa shape index (κ1) is 11.0. The minimum absolute atomic E-state index is 0.860. The molecule has 16 heavy (non-hydrogen) atoms. The van der Waals surface area contributed by atoms with Gasteiger partial charge in [0.25, 0.3) is 0 Å². The van der Waals surface area contributed by atoms with Crippen LogP contribution in [0, 0.1) is 0 Å². The van der Waals surface area contributed by atoms with Gasteiger partial charge in [0.1, 0.15) is 5.75 Å². The summed E-state index contributed by atoms with van der Waals surface area (Å²) in [5.41, 5.74) is 2.10. The van der Waals surface area contributed by atoms with Crippen LogP contribution in [-0.4, -0.2) is 18.3 Å². The monoisotopic (exact) mass is 231 g/mol. The van der Waals surface area contributed by atoms with Crippen molar-refractivity contribution in [2.24, 2.45) is 0 Å². The largest absolute Gasteiger partial charge is 0.497 e. The van der Waals surface area contributed by atoms with Gasteiger partial charge in [0.2, 0.25) is 0 Å². The molecule has 1 aromatic heterocycles. The number of hydrogen-bond acceptors (Lipinski definition) is 3. The van der Waals surface area contributed by atoms with E-state index in [1.165, 1.54) is 4.90 Å². The first-order valence-corrected chi connectivity index (χ1v) is 6.21. The summed E-state index contributed by atoms with van der Waals surface area (Å²) in [5.74, 6) is 0.860. The van der Waals surface area contributed by atoms with Gasteiger partial charge < -0.3 is 4.74 Å². The fourth-order valence-electron chi connectivity index (χ4n) is 1.54. The summed E-state index contributed by atoms with van der Waals surface area (Å²) in [6.45, 7) is 0. The highest BCUT2D eigenvalue weighted by atomic mass is 32.2. The second-order valence-electron chi connectivity index (χ2n) is 3.28. The van der Waals surface area contributed by atoms with Crippen LogP contribution in [-0.2, 0) is 0 Å². The molecule has 0 bridgehead atoms. The van der Waals surface area contributed by atoms with Crippen molar-refractivity contribution < 1.29 is 4.74 Å². The Morgan fingerprint density at radius 1 is 1.19 bits per heavy atom. The fourth-order valence-corrected chi connectivity index (χ4v) is 2.12. The number of aromatic nitrogens is 1. The number of nitrogens with zero attached hydrogens (tertiary/aromatic N) is 1. The lowest BCUT2D eigenvalue weighted by Gasteiger charge is -2.08. The van der Waals surface area contributed by atoms with Crippen LogP contribution in [0.15, 0.2) is 47.5 Å². The standard InChI is InChI=1S/C13H13NOS/c1-15-10-6-7-13(16-2)11(9-10)12-5-3-4-8-14-12/h3-9H,1-2H3. The van der Waals surface area contributed by atoms with Crippen LogP contribution in [0.3, 0.4) is 0 Å². The maximum atomic E-state index is 5.24. The van der Waals surface area contributed by atoms with Gasteiger partial charge in [-0.2, -0.15) is 0 Å². The Morgan fingerprint density at radius 3 is 2.69 bits per heavy atom. The zero-order chi connectivity index (χ0) is 11.4. The molecular weight excluding hydrogens is 218 g/mol. The van der Waals surface area contributed by atoms with Crippen LogP contribution in [0.1, 0.15) is 0 Å². The van der Waals surface area contributed by atoms with Crippen molar-refractivity contribution in [1.82, 2.24) is 4.98 Å². The van der Waals surface area contributed by atoms with Gasteiger partial charge in [-0.05, 0) is 36.6 Å². The van der Waals surface area contributed by atoms with Gasteiger partial charge in [-0.1, -0.05) is 6.07 Å². The molecule has 1 aromatic carbocycles. The van der Waals surface area contributed by atoms with Crippen LogP contribution >= 0.6 is 11.8 Å². The average molecular weight is 231 g/mol. The maximum Gasteiger partial charge on any atom is 0.119 e. The Bertz CT molecular complexity index is 471. The third-order valence-electron chi connectivity index (χ3n) is 2.35. The second kappa shape index (κ2) is 5.03. The highest BCUT2D eigenvalue weighted by Gasteiger charge is 2.06. The normalized spacial score (nSPS) is 10.1. The van der Waals surface area contributed by atoms with Crippen molar-refractivity contribution in [2.45, 2.75) is 4.90 Å². The summed E-state index contributed by atoms with van der Waals surface area (Å²) >= 11 is 1.71. The van der Waals surface area contributed by atoms with Gasteiger partial charge >= 0.3 is 0 Å². The van der Waals surface area contributed by atoms with E-state index in [1.54, 1.807) is 25.1 Å². The Hall–Kier alpha value is -1.48. The molecule has 2 aromatic rings. The van der Waals surface area contributed by atoms with Crippen molar-refractivity contribution in [1.29, 1.82) is 0 Å². The molecule has 0 aliphatic rings. The van der Waals surface area contributed by atoms with Crippen LogP contribution in [0.5, 0.6) is 5.75 Å². The predicted octanol–water partition coefficient (Wildman–Crippen LogP) is 3.48. The van der Waals surface area contributed by atoms with Crippen molar-refractivity contribution in [3.8, 4) is 17.0 Å². The molecule has 0 spiro atoms. The van der Waals surface area contributed by atoms with Gasteiger partial charge in [0.05, 0.1) is 12.8 Å². The van der Waals surface area contributed by atoms with Crippen molar-refractivity contribution in [3.63, 3.8) is 0 Å². The SMILES string of the molecule is COc1ccc(SC)c(-c2ccccn2)c1. The maximum absolute atomic E-state index is 5.24. The van der Waals surface area contributed by atoms with Crippen LogP contribution in [0.2, 0.25) is 0 Å². The zero-order valence-corrected chi connectivity index (χ0v) is 10.1. The molecule has 1 heterocycles. The molecule has 0 atom stereocenters. The molecule has 0 saturated heterocycles. The van der Waals surface area contributed by atoms with Gasteiger partial charge in [0.15, 0.2) is 0 Å². The van der Waals surface area contributed by atoms with E-state index in [2.05, 4.69) is 17.3 Å². The third-order valence-corrected chi connectivity index (χ3v) is 3.14. The van der Waals surface area contributed by atoms with Gasteiger partial charge in [-0.3, -0.25) is 4.98 Å². The van der Waals surface area contributed by atoms with E-state index in [1.807, 2.05) is 30.3 Å². The van der Waals surface area contributed by atoms with E-state index in [0.29, 0.717) is 0 Å². The Kier molecular flexibility index (Phi) is 3.47. The van der Waals surface area contributed by atoms with E-state index in [4.69, 9.17) is 4.74 Å². The summed E-state index contributed by atoms with van der Waals surface area (Å²) in [6, 6.07) is 12.0. The Balaban J connectivity index is 2.53. The zero-order valence-electron chi connectivity index (χ0n) is 9.31. The van der Waals surface area contributed by atoms with Gasteiger partial charge in [-0.15, -0.1) is 11.8 Å². The lowest BCUT2D eigenvalue weighted by Crippen LogP contribution is -1.88. The minimum atomic E-state index is 0.860. The molecule has 0 aliphatic heterocycles. The first-order chi connectivity index (χ1) is 7.85. The molecule has 0 amide bonds. The average Bonchev–Trinajstić information content (AvgIpc) is 2.39. The fraction of sp³-hybridized carbons (Fsp3) is 0.154. The van der Waals surface area contributed by atoms with Crippen LogP contribution in [0.4, 0.5) is 0 Å². The van der Waals surface area contributed by atoms with E-state index in [-0.39, 0.29) is 0 Å². The molecular formula is C13H13NOS. The summed E-state index contributed by atoms with van der Waals surface area (Å²) in [6.07, 6.45) is 3.87. The Labute approximate surface area is 99.7 Å². The molecule has 0 fully saturated rings. The van der Waals surface area contributed by atoms with E-state index in [9.17, 15) is 0 Å². The number of benzene rings is 1. The molecule has 0 unspecified atom stereocenters. The highest BCUT2D eigenvalue weighted by molar-refractivity contribution is 7.98. The number of ether oxygens (including phenoxy) is 1. The lowest BCUT2D eigenvalue weighted by molar-refractivity contribution is 0.414. The van der Waals surface area contributed by atoms with Gasteiger partial charge in [0, 0.05) is 16.7 Å². The topological polar surface area (TPSA) is 22.1 Å². The highest BCUT2D eigenvalue weighted by Crippen LogP contribution is 2.31. The summed E-state index contributed by atoms with van der Waals surface area (Å²) < 4.78 is 5.24. The minimum Gasteiger partial charge on any atom is -0.497 e. The van der Waals surface area contributed by atoms with E-state index < -0.39 is 0 Å². The van der Waals surface area contributed by atoms with Crippen molar-refractivity contribution >= 4 is 11.8 Å². The van der Waals surface area contributed by atoms with Crippen LogP contribution in [0.25, 0.3) is 11.3 Å². The first-order valence-electron chi connectivity index (χ1n) is 4.98. The molecule has 0 aliphatic carbocycles. The number of pyridine rings is 1. The summed E-state index contributed by atoms with van der Waals surface area (Å²) in [5, 5.41) is 0. The lowest BCUT2D eigenvalue weighted by atomic mass is 10.1. The molecule has 2 rings (SSSR count). The molecule has 3 heteroatoms. The summed E-state index contributed by atoms with van der Waals surface area (Å²) in [7, 11) is 1.68. The Morgan fingerprint density at radius 2 is 2.06 bits per heavy atom. The number of methoxy groups -OCH3 is 1. The number of thioether (sulfide) groups is 1. The van der Waals surface area contributed by atoms with Crippen LogP contribution < -0.4 is 4.74 Å². The third kappa shape index (κ3) is 2.19. The second-order valence-corrected chi connectivity index (χ2v) is 4.13. The van der Waals surface area contributed by atoms with Crippen molar-refractivity contribution in [3.05, 3.63) is 42.6 Å². The molecule has 0 N–H and O–H groups in total. The quantitative estimate of drug-likeness (QED) is 0.755. The molecule has 2 nitrogen and oxygen atoms in total. The molecule has 0 saturated carbocycles. The predicted molar refractivity (Wildman–Crippen MR) is 68.0 cm³/mol. The number of hydrogen-bond donors (Lipinski definition) is 0. The van der Waals surface area contributed by atoms with E-state index >= 15 is 0 Å². The van der Waals surface area contributed by atoms with Crippen molar-refractivity contribution in [2.75, 3.05) is 13.4 Å². The number of rotatable bonds is 3. The molecule has 0 radical (unpaired) electrons. The molecule has 82 valence electrons. The smallest absolute Gasteiger partial charge is 0.119 e. The van der Waals surface area contributed by atoms with E-state index in [0.717, 1.165) is 17.0 Å².